The minimum Gasteiger partial charge on any atom is -0.369 e. The van der Waals surface area contributed by atoms with Gasteiger partial charge >= 0.3 is 0 Å². The molecule has 0 saturated carbocycles. The number of hydrogen-bond acceptors (Lipinski definition) is 3. The van der Waals surface area contributed by atoms with E-state index in [0.29, 0.717) is 17.5 Å². The third kappa shape index (κ3) is 6.42. The molecule has 7 heteroatoms. The second-order valence-corrected chi connectivity index (χ2v) is 10.3. The van der Waals surface area contributed by atoms with Gasteiger partial charge in [-0.3, -0.25) is 9.52 Å². The summed E-state index contributed by atoms with van der Waals surface area (Å²) in [6, 6.07) is 10.9. The van der Waals surface area contributed by atoms with E-state index in [9.17, 15) is 17.6 Å². The van der Waals surface area contributed by atoms with E-state index in [1.165, 1.54) is 17.7 Å². The van der Waals surface area contributed by atoms with E-state index in [1.807, 2.05) is 24.3 Å². The molecule has 0 aliphatic rings. The van der Waals surface area contributed by atoms with Crippen LogP contribution in [0, 0.1) is 11.7 Å². The Morgan fingerprint density at radius 2 is 1.73 bits per heavy atom. The highest BCUT2D eigenvalue weighted by atomic mass is 32.2. The molecule has 0 spiro atoms. The van der Waals surface area contributed by atoms with Gasteiger partial charge in [0.2, 0.25) is 15.9 Å². The van der Waals surface area contributed by atoms with E-state index in [4.69, 9.17) is 5.73 Å². The van der Waals surface area contributed by atoms with Crippen molar-refractivity contribution in [3.63, 3.8) is 0 Å². The number of carbonyl (C=O) groups is 1. The fourth-order valence-electron chi connectivity index (χ4n) is 3.24. The van der Waals surface area contributed by atoms with Crippen LogP contribution < -0.4 is 10.5 Å². The topological polar surface area (TPSA) is 89.3 Å². The Bertz CT molecular complexity index is 1040. The second-order valence-electron chi connectivity index (χ2n) is 8.57. The van der Waals surface area contributed by atoms with Gasteiger partial charge in [0.1, 0.15) is 5.82 Å². The van der Waals surface area contributed by atoms with Crippen molar-refractivity contribution in [3.8, 4) is 0 Å². The predicted molar refractivity (Wildman–Crippen MR) is 120 cm³/mol. The summed E-state index contributed by atoms with van der Waals surface area (Å²) in [5.74, 6) is -1.74. The SMILES string of the molecule is C=Cc1cc(CC(Cc2ccc(C(C)(C)C)cc2)C(N)=O)cc(F)c1NS(C)(=O)=O. The average Bonchev–Trinajstić information content (AvgIpc) is 2.61. The number of benzene rings is 2. The first-order valence-corrected chi connectivity index (χ1v) is 11.5. The van der Waals surface area contributed by atoms with Crippen LogP contribution in [0.2, 0.25) is 0 Å². The highest BCUT2D eigenvalue weighted by molar-refractivity contribution is 7.92. The minimum atomic E-state index is -3.65. The average molecular weight is 433 g/mol. The maximum atomic E-state index is 14.6. The van der Waals surface area contributed by atoms with Gasteiger partial charge in [0, 0.05) is 11.5 Å². The molecule has 2 aromatic rings. The Morgan fingerprint density at radius 1 is 1.17 bits per heavy atom. The number of halogens is 1. The lowest BCUT2D eigenvalue weighted by Crippen LogP contribution is -2.27. The lowest BCUT2D eigenvalue weighted by molar-refractivity contribution is -0.121. The van der Waals surface area contributed by atoms with Crippen LogP contribution in [-0.4, -0.2) is 20.6 Å². The summed E-state index contributed by atoms with van der Waals surface area (Å²) in [7, 11) is -3.65. The van der Waals surface area contributed by atoms with E-state index >= 15 is 0 Å². The summed E-state index contributed by atoms with van der Waals surface area (Å²) in [6.07, 6.45) is 2.97. The van der Waals surface area contributed by atoms with Crippen LogP contribution in [0.15, 0.2) is 43.0 Å². The zero-order valence-corrected chi connectivity index (χ0v) is 18.6. The molecule has 0 bridgehead atoms. The fourth-order valence-corrected chi connectivity index (χ4v) is 3.83. The van der Waals surface area contributed by atoms with E-state index in [2.05, 4.69) is 32.1 Å². The molecule has 2 aromatic carbocycles. The minimum absolute atomic E-state index is 0.0297. The predicted octanol–water partition coefficient (Wildman–Crippen LogP) is 4.02. The van der Waals surface area contributed by atoms with E-state index in [-0.39, 0.29) is 17.5 Å². The van der Waals surface area contributed by atoms with Gasteiger partial charge in [0.15, 0.2) is 0 Å². The fraction of sp³-hybridized carbons (Fsp3) is 0.348. The smallest absolute Gasteiger partial charge is 0.229 e. The number of carbonyl (C=O) groups excluding carboxylic acids is 1. The van der Waals surface area contributed by atoms with E-state index in [1.54, 1.807) is 6.07 Å². The third-order valence-electron chi connectivity index (χ3n) is 4.87. The first-order valence-electron chi connectivity index (χ1n) is 9.61. The van der Waals surface area contributed by atoms with Crippen molar-refractivity contribution in [1.82, 2.24) is 0 Å². The van der Waals surface area contributed by atoms with Crippen LogP contribution in [0.25, 0.3) is 6.08 Å². The molecule has 0 aromatic heterocycles. The maximum Gasteiger partial charge on any atom is 0.229 e. The third-order valence-corrected chi connectivity index (χ3v) is 5.45. The summed E-state index contributed by atoms with van der Waals surface area (Å²) in [5, 5.41) is 0. The largest absolute Gasteiger partial charge is 0.369 e. The molecule has 0 heterocycles. The molecular formula is C23H29FN2O3S. The molecule has 1 unspecified atom stereocenters. The Kier molecular flexibility index (Phi) is 7.08. The van der Waals surface area contributed by atoms with Crippen LogP contribution in [-0.2, 0) is 33.1 Å². The molecule has 1 atom stereocenters. The number of hydrogen-bond donors (Lipinski definition) is 2. The number of nitrogens with two attached hydrogens (primary N) is 1. The molecule has 162 valence electrons. The zero-order chi connectivity index (χ0) is 22.7. The summed E-state index contributed by atoms with van der Waals surface area (Å²) >= 11 is 0. The Labute approximate surface area is 178 Å². The molecule has 0 aliphatic heterocycles. The molecule has 0 saturated heterocycles. The van der Waals surface area contributed by atoms with Gasteiger partial charge in [0.25, 0.3) is 0 Å². The van der Waals surface area contributed by atoms with Crippen molar-refractivity contribution in [2.24, 2.45) is 11.7 Å². The van der Waals surface area contributed by atoms with Crippen LogP contribution in [0.1, 0.15) is 43.0 Å². The van der Waals surface area contributed by atoms with Gasteiger partial charge in [-0.05, 0) is 47.1 Å². The van der Waals surface area contributed by atoms with Crippen molar-refractivity contribution < 1.29 is 17.6 Å². The quantitative estimate of drug-likeness (QED) is 0.660. The molecule has 5 nitrogen and oxygen atoms in total. The number of nitrogens with one attached hydrogen (secondary N) is 1. The van der Waals surface area contributed by atoms with Gasteiger partial charge in [-0.1, -0.05) is 57.7 Å². The van der Waals surface area contributed by atoms with Crippen molar-refractivity contribution in [2.75, 3.05) is 11.0 Å². The van der Waals surface area contributed by atoms with Crippen molar-refractivity contribution >= 4 is 27.7 Å². The lowest BCUT2D eigenvalue weighted by Gasteiger charge is -2.20. The highest BCUT2D eigenvalue weighted by Crippen LogP contribution is 2.27. The highest BCUT2D eigenvalue weighted by Gasteiger charge is 2.20. The van der Waals surface area contributed by atoms with Crippen LogP contribution in [0.5, 0.6) is 0 Å². The molecule has 3 N–H and O–H groups in total. The molecule has 0 aliphatic carbocycles. The monoisotopic (exact) mass is 432 g/mol. The van der Waals surface area contributed by atoms with Crippen molar-refractivity contribution in [1.29, 1.82) is 0 Å². The van der Waals surface area contributed by atoms with Gasteiger partial charge in [-0.15, -0.1) is 0 Å². The van der Waals surface area contributed by atoms with E-state index in [0.717, 1.165) is 11.8 Å². The van der Waals surface area contributed by atoms with Gasteiger partial charge in [-0.2, -0.15) is 0 Å². The summed E-state index contributed by atoms with van der Waals surface area (Å²) in [6.45, 7) is 10.0. The normalized spacial score (nSPS) is 13.0. The molecule has 2 rings (SSSR count). The summed E-state index contributed by atoms with van der Waals surface area (Å²) in [4.78, 5) is 12.0. The van der Waals surface area contributed by atoms with Crippen LogP contribution in [0.4, 0.5) is 10.1 Å². The summed E-state index contributed by atoms with van der Waals surface area (Å²) in [5.41, 5.74) is 8.47. The Hall–Kier alpha value is -2.67. The molecule has 0 radical (unpaired) electrons. The Balaban J connectivity index is 2.27. The van der Waals surface area contributed by atoms with Crippen LogP contribution >= 0.6 is 0 Å². The Morgan fingerprint density at radius 3 is 2.20 bits per heavy atom. The first-order chi connectivity index (χ1) is 13.8. The first kappa shape index (κ1) is 23.6. The maximum absolute atomic E-state index is 14.6. The number of anilines is 1. The van der Waals surface area contributed by atoms with Gasteiger partial charge < -0.3 is 5.73 Å². The molecule has 1 amide bonds. The van der Waals surface area contributed by atoms with Crippen molar-refractivity contribution in [3.05, 3.63) is 71.0 Å². The number of primary amides is 1. The van der Waals surface area contributed by atoms with E-state index < -0.39 is 27.7 Å². The van der Waals surface area contributed by atoms with Gasteiger partial charge in [-0.25, -0.2) is 12.8 Å². The van der Waals surface area contributed by atoms with Crippen molar-refractivity contribution in [2.45, 2.75) is 39.0 Å². The van der Waals surface area contributed by atoms with Crippen LogP contribution in [0.3, 0.4) is 0 Å². The standard InChI is InChI=1S/C23H29FN2O3S/c1-6-17-12-16(14-20(24)21(17)26-30(5,28)29)13-18(22(25)27)11-15-7-9-19(10-8-15)23(2,3)4/h6-10,12,14,18,26H,1,11,13H2,2-5H3,(H2,25,27). The number of sulfonamides is 1. The number of amides is 1. The zero-order valence-electron chi connectivity index (χ0n) is 17.8. The molecule has 30 heavy (non-hydrogen) atoms. The summed E-state index contributed by atoms with van der Waals surface area (Å²) < 4.78 is 39.7. The molecule has 0 fully saturated rings. The lowest BCUT2D eigenvalue weighted by atomic mass is 9.85. The number of rotatable bonds is 8. The second kappa shape index (κ2) is 9.00. The molecular weight excluding hydrogens is 403 g/mol. The van der Waals surface area contributed by atoms with Gasteiger partial charge in [0.05, 0.1) is 11.9 Å².